The van der Waals surface area contributed by atoms with Crippen LogP contribution < -0.4 is 0 Å². The zero-order chi connectivity index (χ0) is 14.5. The van der Waals surface area contributed by atoms with E-state index in [-0.39, 0.29) is 26.4 Å². The van der Waals surface area contributed by atoms with Gasteiger partial charge in [0.2, 0.25) is 5.76 Å². The second kappa shape index (κ2) is 4.58. The molecule has 1 aromatic carbocycles. The highest BCUT2D eigenvalue weighted by Gasteiger charge is 2.31. The van der Waals surface area contributed by atoms with E-state index in [0.29, 0.717) is 10.9 Å². The van der Waals surface area contributed by atoms with Crippen LogP contribution in [0.1, 0.15) is 36.9 Å². The maximum atomic E-state index is 11.3. The summed E-state index contributed by atoms with van der Waals surface area (Å²) < 4.78 is 5.38. The number of carboxylic acid groups (broad SMARTS) is 1. The third kappa shape index (κ3) is 2.31. The molecule has 0 radical (unpaired) electrons. The van der Waals surface area contributed by atoms with Crippen molar-refractivity contribution in [1.29, 1.82) is 0 Å². The number of furan rings is 1. The summed E-state index contributed by atoms with van der Waals surface area (Å²) in [5.74, 6) is -1.32. The van der Waals surface area contributed by atoms with E-state index in [1.54, 1.807) is 0 Å². The van der Waals surface area contributed by atoms with Gasteiger partial charge in [0.25, 0.3) is 0 Å². The minimum absolute atomic E-state index is 0.159. The fourth-order valence-electron chi connectivity index (χ4n) is 2.03. The van der Waals surface area contributed by atoms with Gasteiger partial charge in [-0.15, -0.1) is 0 Å². The van der Waals surface area contributed by atoms with Crippen molar-refractivity contribution in [1.82, 2.24) is 0 Å². The first-order valence-electron chi connectivity index (χ1n) is 5.48. The summed E-state index contributed by atoms with van der Waals surface area (Å²) in [5, 5.41) is 10.5. The lowest BCUT2D eigenvalue weighted by molar-refractivity contribution is 0.0661. The Bertz CT molecular complexity index is 681. The smallest absolute Gasteiger partial charge is 0.372 e. The topological polar surface area (TPSA) is 50.4 Å². The molecule has 0 unspecified atom stereocenters. The van der Waals surface area contributed by atoms with Gasteiger partial charge in [-0.25, -0.2) is 4.79 Å². The van der Waals surface area contributed by atoms with Crippen molar-refractivity contribution < 1.29 is 14.3 Å². The first-order chi connectivity index (χ1) is 8.64. The van der Waals surface area contributed by atoms with E-state index in [0.717, 1.165) is 0 Å². The standard InChI is InChI=1S/C13H11Cl3O3/c1-13(2,3)8-7-9(16)5(14)4-6(15)10(7)19-11(8)12(17)18/h4H,1-3H3,(H,17,18). The van der Waals surface area contributed by atoms with E-state index in [1.165, 1.54) is 6.07 Å². The first kappa shape index (κ1) is 14.5. The van der Waals surface area contributed by atoms with Gasteiger partial charge in [-0.05, 0) is 11.5 Å². The number of rotatable bonds is 1. The molecule has 0 amide bonds. The Balaban J connectivity index is 3.05. The highest BCUT2D eigenvalue weighted by molar-refractivity contribution is 6.47. The highest BCUT2D eigenvalue weighted by atomic mass is 35.5. The molecule has 1 N–H and O–H groups in total. The van der Waals surface area contributed by atoms with E-state index in [1.807, 2.05) is 20.8 Å². The van der Waals surface area contributed by atoms with Gasteiger partial charge in [0.15, 0.2) is 5.58 Å². The van der Waals surface area contributed by atoms with Gasteiger partial charge in [0, 0.05) is 10.9 Å². The Morgan fingerprint density at radius 3 is 2.26 bits per heavy atom. The Morgan fingerprint density at radius 2 is 1.79 bits per heavy atom. The number of hydrogen-bond acceptors (Lipinski definition) is 2. The molecule has 2 rings (SSSR count). The monoisotopic (exact) mass is 320 g/mol. The molecule has 2 aromatic rings. The van der Waals surface area contributed by atoms with E-state index in [2.05, 4.69) is 0 Å². The van der Waals surface area contributed by atoms with Gasteiger partial charge in [0.05, 0.1) is 15.1 Å². The van der Waals surface area contributed by atoms with Gasteiger partial charge in [-0.1, -0.05) is 55.6 Å². The Morgan fingerprint density at radius 1 is 1.21 bits per heavy atom. The molecule has 0 spiro atoms. The molecular formula is C13H11Cl3O3. The van der Waals surface area contributed by atoms with Crippen LogP contribution in [0.5, 0.6) is 0 Å². The largest absolute Gasteiger partial charge is 0.475 e. The Labute approximate surface area is 125 Å². The van der Waals surface area contributed by atoms with Crippen molar-refractivity contribution in [3.63, 3.8) is 0 Å². The lowest BCUT2D eigenvalue weighted by Crippen LogP contribution is -2.15. The number of fused-ring (bicyclic) bond motifs is 1. The van der Waals surface area contributed by atoms with Crippen molar-refractivity contribution in [2.45, 2.75) is 26.2 Å². The summed E-state index contributed by atoms with van der Waals surface area (Å²) in [6.07, 6.45) is 0. The maximum absolute atomic E-state index is 11.3. The van der Waals surface area contributed by atoms with Crippen LogP contribution >= 0.6 is 34.8 Å². The van der Waals surface area contributed by atoms with Crippen molar-refractivity contribution in [2.24, 2.45) is 0 Å². The van der Waals surface area contributed by atoms with Gasteiger partial charge < -0.3 is 9.52 Å². The molecule has 102 valence electrons. The highest BCUT2D eigenvalue weighted by Crippen LogP contribution is 2.44. The fourth-order valence-corrected chi connectivity index (χ4v) is 2.77. The molecule has 19 heavy (non-hydrogen) atoms. The summed E-state index contributed by atoms with van der Waals surface area (Å²) >= 11 is 18.2. The normalized spacial score (nSPS) is 12.1. The van der Waals surface area contributed by atoms with Crippen LogP contribution in [0.2, 0.25) is 15.1 Å². The number of hydrogen-bond donors (Lipinski definition) is 1. The van der Waals surface area contributed by atoms with E-state index in [9.17, 15) is 9.90 Å². The predicted octanol–water partition coefficient (Wildman–Crippen LogP) is 5.39. The minimum Gasteiger partial charge on any atom is -0.475 e. The molecule has 0 fully saturated rings. The molecule has 0 bridgehead atoms. The van der Waals surface area contributed by atoms with Crippen LogP contribution in [-0.4, -0.2) is 11.1 Å². The van der Waals surface area contributed by atoms with Gasteiger partial charge >= 0.3 is 5.97 Å². The number of carbonyl (C=O) groups is 1. The molecule has 0 atom stereocenters. The Kier molecular flexibility index (Phi) is 3.50. The lowest BCUT2D eigenvalue weighted by Gasteiger charge is -2.18. The number of halogens is 3. The zero-order valence-electron chi connectivity index (χ0n) is 10.5. The molecule has 0 aliphatic heterocycles. The fraction of sp³-hybridized carbons (Fsp3) is 0.308. The number of aromatic carboxylic acids is 1. The molecule has 0 saturated carbocycles. The van der Waals surface area contributed by atoms with Gasteiger partial charge in [-0.3, -0.25) is 0 Å². The summed E-state index contributed by atoms with van der Waals surface area (Å²) in [4.78, 5) is 11.3. The van der Waals surface area contributed by atoms with Crippen LogP contribution in [-0.2, 0) is 5.41 Å². The quantitative estimate of drug-likeness (QED) is 0.716. The average Bonchev–Trinajstić information content (AvgIpc) is 2.66. The van der Waals surface area contributed by atoms with Crippen LogP contribution in [0.25, 0.3) is 11.0 Å². The first-order valence-corrected chi connectivity index (χ1v) is 6.61. The summed E-state index contributed by atoms with van der Waals surface area (Å²) in [7, 11) is 0. The molecule has 6 heteroatoms. The van der Waals surface area contributed by atoms with Crippen molar-refractivity contribution in [3.8, 4) is 0 Å². The SMILES string of the molecule is CC(C)(C)c1c(C(=O)O)oc2c(Cl)cc(Cl)c(Cl)c12. The van der Waals surface area contributed by atoms with Crippen LogP contribution in [0.15, 0.2) is 10.5 Å². The lowest BCUT2D eigenvalue weighted by atomic mass is 9.84. The van der Waals surface area contributed by atoms with Gasteiger partial charge in [-0.2, -0.15) is 0 Å². The summed E-state index contributed by atoms with van der Waals surface area (Å²) in [5.41, 5.74) is 0.263. The molecule has 1 heterocycles. The molecule has 1 aromatic heterocycles. The third-order valence-corrected chi connectivity index (χ3v) is 3.82. The molecule has 0 aliphatic rings. The number of carboxylic acids is 1. The van der Waals surface area contributed by atoms with Crippen LogP contribution in [0.4, 0.5) is 0 Å². The van der Waals surface area contributed by atoms with E-state index < -0.39 is 11.4 Å². The molecule has 3 nitrogen and oxygen atoms in total. The second-order valence-corrected chi connectivity index (χ2v) is 6.41. The van der Waals surface area contributed by atoms with Crippen molar-refractivity contribution in [3.05, 3.63) is 32.5 Å². The predicted molar refractivity (Wildman–Crippen MR) is 76.9 cm³/mol. The van der Waals surface area contributed by atoms with E-state index in [4.69, 9.17) is 39.2 Å². The van der Waals surface area contributed by atoms with Crippen LogP contribution in [0.3, 0.4) is 0 Å². The maximum Gasteiger partial charge on any atom is 0.372 e. The second-order valence-electron chi connectivity index (χ2n) is 5.22. The van der Waals surface area contributed by atoms with Crippen molar-refractivity contribution in [2.75, 3.05) is 0 Å². The van der Waals surface area contributed by atoms with Crippen LogP contribution in [0, 0.1) is 0 Å². The van der Waals surface area contributed by atoms with Crippen molar-refractivity contribution >= 4 is 51.7 Å². The summed E-state index contributed by atoms with van der Waals surface area (Å²) in [6.45, 7) is 5.61. The Hall–Kier alpha value is -0.900. The van der Waals surface area contributed by atoms with Gasteiger partial charge in [0.1, 0.15) is 0 Å². The summed E-state index contributed by atoms with van der Waals surface area (Å²) in [6, 6.07) is 1.44. The third-order valence-electron chi connectivity index (χ3n) is 2.75. The average molecular weight is 322 g/mol. The molecule has 0 aliphatic carbocycles. The minimum atomic E-state index is -1.16. The molecular weight excluding hydrogens is 310 g/mol. The zero-order valence-corrected chi connectivity index (χ0v) is 12.7. The van der Waals surface area contributed by atoms with E-state index >= 15 is 0 Å². The molecule has 0 saturated heterocycles. The number of benzene rings is 1.